The molecule has 0 aromatic carbocycles. The summed E-state index contributed by atoms with van der Waals surface area (Å²) in [5, 5.41) is 0. The smallest absolute Gasteiger partial charge is 0.239 e. The van der Waals surface area contributed by atoms with E-state index in [0.29, 0.717) is 11.8 Å². The average molecular weight is 350 g/mol. The summed E-state index contributed by atoms with van der Waals surface area (Å²) >= 11 is 0. The summed E-state index contributed by atoms with van der Waals surface area (Å²) in [5.74, 6) is 0.836. The van der Waals surface area contributed by atoms with Gasteiger partial charge in [-0.1, -0.05) is 12.8 Å². The van der Waals surface area contributed by atoms with E-state index in [1.54, 1.807) is 0 Å². The number of carbonyl (C=O) groups excluding carboxylic acids is 2. The molecule has 142 valence electrons. The van der Waals surface area contributed by atoms with Gasteiger partial charge in [0, 0.05) is 32.1 Å². The highest BCUT2D eigenvalue weighted by molar-refractivity contribution is 5.82. The van der Waals surface area contributed by atoms with Gasteiger partial charge in [-0.25, -0.2) is 0 Å². The van der Waals surface area contributed by atoms with Gasteiger partial charge < -0.3 is 9.80 Å². The van der Waals surface area contributed by atoms with Crippen molar-refractivity contribution in [2.45, 2.75) is 70.8 Å². The largest absolute Gasteiger partial charge is 0.342 e. The van der Waals surface area contributed by atoms with Crippen LogP contribution in [0.2, 0.25) is 0 Å². The number of likely N-dealkylation sites (tertiary alicyclic amines) is 3. The van der Waals surface area contributed by atoms with Crippen molar-refractivity contribution in [3.63, 3.8) is 0 Å². The maximum Gasteiger partial charge on any atom is 0.239 e. The molecule has 0 spiro atoms. The Morgan fingerprint density at radius 2 is 1.20 bits per heavy atom. The first kappa shape index (κ1) is 18.7. The second kappa shape index (κ2) is 9.02. The minimum Gasteiger partial charge on any atom is -0.342 e. The lowest BCUT2D eigenvalue weighted by Gasteiger charge is -2.38. The van der Waals surface area contributed by atoms with Crippen LogP contribution < -0.4 is 0 Å². The van der Waals surface area contributed by atoms with E-state index in [0.717, 1.165) is 77.8 Å². The summed E-state index contributed by atoms with van der Waals surface area (Å²) < 4.78 is 0. The number of carbonyl (C=O) groups is 2. The fourth-order valence-electron chi connectivity index (χ4n) is 4.62. The molecule has 0 radical (unpaired) electrons. The van der Waals surface area contributed by atoms with Crippen LogP contribution in [0.4, 0.5) is 0 Å². The van der Waals surface area contributed by atoms with Crippen LogP contribution in [0, 0.1) is 5.92 Å². The van der Waals surface area contributed by atoms with E-state index >= 15 is 0 Å². The Morgan fingerprint density at radius 1 is 0.720 bits per heavy atom. The summed E-state index contributed by atoms with van der Waals surface area (Å²) in [5.41, 5.74) is 0. The molecule has 3 fully saturated rings. The van der Waals surface area contributed by atoms with Crippen LogP contribution >= 0.6 is 0 Å². The summed E-state index contributed by atoms with van der Waals surface area (Å²) in [6, 6.07) is -0.0378. The predicted octanol–water partition coefficient (Wildman–Crippen LogP) is 2.50. The third-order valence-corrected chi connectivity index (χ3v) is 6.37. The normalized spacial score (nSPS) is 25.5. The summed E-state index contributed by atoms with van der Waals surface area (Å²) in [7, 11) is 0. The molecule has 3 aliphatic heterocycles. The van der Waals surface area contributed by atoms with Crippen LogP contribution in [0.15, 0.2) is 0 Å². The van der Waals surface area contributed by atoms with Gasteiger partial charge in [-0.05, 0) is 65.0 Å². The first-order valence-corrected chi connectivity index (χ1v) is 10.5. The third kappa shape index (κ3) is 4.75. The van der Waals surface area contributed by atoms with Crippen molar-refractivity contribution in [1.82, 2.24) is 14.7 Å². The van der Waals surface area contributed by atoms with E-state index in [-0.39, 0.29) is 12.0 Å². The molecule has 0 aliphatic carbocycles. The van der Waals surface area contributed by atoms with Crippen molar-refractivity contribution in [3.8, 4) is 0 Å². The fourth-order valence-corrected chi connectivity index (χ4v) is 4.62. The van der Waals surface area contributed by atoms with E-state index in [1.165, 1.54) is 19.3 Å². The molecule has 3 heterocycles. The van der Waals surface area contributed by atoms with Gasteiger partial charge in [0.15, 0.2) is 0 Å². The van der Waals surface area contributed by atoms with Gasteiger partial charge in [-0.15, -0.1) is 0 Å². The minimum atomic E-state index is -0.0378. The van der Waals surface area contributed by atoms with Crippen LogP contribution in [-0.2, 0) is 9.59 Å². The van der Waals surface area contributed by atoms with E-state index in [9.17, 15) is 9.59 Å². The lowest BCUT2D eigenvalue weighted by atomic mass is 9.93. The van der Waals surface area contributed by atoms with Crippen molar-refractivity contribution >= 4 is 11.8 Å². The molecule has 0 aromatic heterocycles. The maximum atomic E-state index is 12.8. The molecule has 3 saturated heterocycles. The lowest BCUT2D eigenvalue weighted by Crippen LogP contribution is -2.51. The number of hydrogen-bond acceptors (Lipinski definition) is 3. The third-order valence-electron chi connectivity index (χ3n) is 6.37. The van der Waals surface area contributed by atoms with Crippen molar-refractivity contribution in [1.29, 1.82) is 0 Å². The highest BCUT2D eigenvalue weighted by atomic mass is 16.2. The standard InChI is InChI=1S/C20H35N3O2/c1-17(19(24)22-11-5-2-3-6-12-22)21-15-9-18(10-16-21)20(25)23-13-7-4-8-14-23/h17-18H,2-16H2,1H3. The van der Waals surface area contributed by atoms with Crippen molar-refractivity contribution in [2.75, 3.05) is 39.3 Å². The summed E-state index contributed by atoms with van der Waals surface area (Å²) in [6.07, 6.45) is 10.2. The molecule has 0 N–H and O–H groups in total. The van der Waals surface area contributed by atoms with Gasteiger partial charge >= 0.3 is 0 Å². The molecule has 0 saturated carbocycles. The molecule has 3 aliphatic rings. The van der Waals surface area contributed by atoms with Gasteiger partial charge in [0.1, 0.15) is 0 Å². The van der Waals surface area contributed by atoms with Gasteiger partial charge in [-0.2, -0.15) is 0 Å². The Balaban J connectivity index is 1.47. The van der Waals surface area contributed by atoms with Crippen molar-refractivity contribution < 1.29 is 9.59 Å². The number of hydrogen-bond donors (Lipinski definition) is 0. The highest BCUT2D eigenvalue weighted by Crippen LogP contribution is 2.24. The molecule has 1 unspecified atom stereocenters. The molecular weight excluding hydrogens is 314 g/mol. The van der Waals surface area contributed by atoms with Crippen LogP contribution in [-0.4, -0.2) is 71.8 Å². The Labute approximate surface area is 152 Å². The molecule has 3 rings (SSSR count). The van der Waals surface area contributed by atoms with Crippen LogP contribution in [0.25, 0.3) is 0 Å². The second-order valence-electron chi connectivity index (χ2n) is 8.11. The van der Waals surface area contributed by atoms with Crippen LogP contribution in [0.3, 0.4) is 0 Å². The Bertz CT molecular complexity index is 446. The Morgan fingerprint density at radius 3 is 1.76 bits per heavy atom. The number of amides is 2. The number of piperidine rings is 2. The molecule has 5 nitrogen and oxygen atoms in total. The maximum absolute atomic E-state index is 12.8. The molecule has 2 amide bonds. The van der Waals surface area contributed by atoms with Gasteiger partial charge in [0.2, 0.25) is 11.8 Å². The summed E-state index contributed by atoms with van der Waals surface area (Å²) in [6.45, 7) is 7.56. The Kier molecular flexibility index (Phi) is 6.74. The predicted molar refractivity (Wildman–Crippen MR) is 99.2 cm³/mol. The highest BCUT2D eigenvalue weighted by Gasteiger charge is 2.33. The SMILES string of the molecule is CC(C(=O)N1CCCCCC1)N1CCC(C(=O)N2CCCCC2)CC1. The molecule has 0 aromatic rings. The first-order valence-electron chi connectivity index (χ1n) is 10.5. The minimum absolute atomic E-state index is 0.0378. The van der Waals surface area contributed by atoms with E-state index < -0.39 is 0 Å². The van der Waals surface area contributed by atoms with Crippen LogP contribution in [0.1, 0.15) is 64.7 Å². The van der Waals surface area contributed by atoms with Crippen molar-refractivity contribution in [2.24, 2.45) is 5.92 Å². The van der Waals surface area contributed by atoms with Gasteiger partial charge in [-0.3, -0.25) is 14.5 Å². The molecular formula is C20H35N3O2. The second-order valence-corrected chi connectivity index (χ2v) is 8.11. The van der Waals surface area contributed by atoms with E-state index in [1.807, 2.05) is 0 Å². The van der Waals surface area contributed by atoms with Gasteiger partial charge in [0.05, 0.1) is 6.04 Å². The molecule has 1 atom stereocenters. The average Bonchev–Trinajstić information content (AvgIpc) is 2.96. The molecule has 0 bridgehead atoms. The zero-order chi connectivity index (χ0) is 17.6. The quantitative estimate of drug-likeness (QED) is 0.786. The Hall–Kier alpha value is -1.10. The van der Waals surface area contributed by atoms with Crippen molar-refractivity contribution in [3.05, 3.63) is 0 Å². The van der Waals surface area contributed by atoms with Gasteiger partial charge in [0.25, 0.3) is 0 Å². The fraction of sp³-hybridized carbons (Fsp3) is 0.900. The zero-order valence-corrected chi connectivity index (χ0v) is 15.9. The number of rotatable bonds is 3. The summed E-state index contributed by atoms with van der Waals surface area (Å²) in [4.78, 5) is 32.0. The topological polar surface area (TPSA) is 43.9 Å². The van der Waals surface area contributed by atoms with E-state index in [4.69, 9.17) is 0 Å². The number of nitrogens with zero attached hydrogens (tertiary/aromatic N) is 3. The monoisotopic (exact) mass is 349 g/mol. The first-order chi connectivity index (χ1) is 12.2. The zero-order valence-electron chi connectivity index (χ0n) is 15.9. The lowest BCUT2D eigenvalue weighted by molar-refractivity contribution is -0.140. The molecule has 5 heteroatoms. The van der Waals surface area contributed by atoms with E-state index in [2.05, 4.69) is 21.6 Å². The van der Waals surface area contributed by atoms with Crippen LogP contribution in [0.5, 0.6) is 0 Å². The molecule has 25 heavy (non-hydrogen) atoms.